The molecule has 0 saturated heterocycles. The van der Waals surface area contributed by atoms with Crippen molar-refractivity contribution >= 4 is 39.1 Å². The lowest BCUT2D eigenvalue weighted by molar-refractivity contribution is -0.148. The number of halogens is 1. The Balaban J connectivity index is 1.34. The fourth-order valence-corrected chi connectivity index (χ4v) is 9.55. The molecule has 1 aromatic heterocycles. The second kappa shape index (κ2) is 14.5. The van der Waals surface area contributed by atoms with Crippen molar-refractivity contribution < 1.29 is 32.6 Å². The highest BCUT2D eigenvalue weighted by Gasteiger charge is 2.47. The number of benzene rings is 2. The minimum absolute atomic E-state index is 0.0799. The number of methoxy groups -OCH3 is 1. The first-order chi connectivity index (χ1) is 24.9. The summed E-state index contributed by atoms with van der Waals surface area (Å²) in [7, 11) is -1.10. The number of carbonyl (C=O) groups is 2. The molecule has 2 amide bonds. The van der Waals surface area contributed by atoms with Gasteiger partial charge >= 0.3 is 0 Å². The van der Waals surface area contributed by atoms with Crippen LogP contribution in [0.25, 0.3) is 0 Å². The molecule has 1 fully saturated rings. The van der Waals surface area contributed by atoms with Crippen LogP contribution in [0.3, 0.4) is 0 Å². The van der Waals surface area contributed by atoms with E-state index in [1.165, 1.54) is 34.4 Å². The lowest BCUT2D eigenvalue weighted by Gasteiger charge is -2.46. The average molecular weight is 749 g/mol. The van der Waals surface area contributed by atoms with E-state index in [-0.39, 0.29) is 27.9 Å². The molecular formula is C39H45ClN4O7S. The predicted molar refractivity (Wildman–Crippen MR) is 197 cm³/mol. The molecule has 4 aliphatic rings. The highest BCUT2D eigenvalue weighted by molar-refractivity contribution is 7.90. The van der Waals surface area contributed by atoms with Gasteiger partial charge in [0.1, 0.15) is 10.6 Å². The molecule has 0 unspecified atom stereocenters. The number of nitrogens with zero attached hydrogens (tertiary/aromatic N) is 3. The van der Waals surface area contributed by atoms with Crippen LogP contribution in [0.4, 0.5) is 5.69 Å². The number of amides is 2. The normalized spacial score (nSPS) is 28.5. The summed E-state index contributed by atoms with van der Waals surface area (Å²) < 4.78 is 41.3. The molecule has 7 rings (SSSR count). The van der Waals surface area contributed by atoms with Gasteiger partial charge in [-0.3, -0.25) is 14.6 Å². The van der Waals surface area contributed by atoms with Gasteiger partial charge in [0, 0.05) is 56.6 Å². The molecule has 2 aliphatic carbocycles. The number of aryl methyl sites for hydroxylation is 1. The molecule has 1 spiro atoms. The van der Waals surface area contributed by atoms with Gasteiger partial charge in [0.2, 0.25) is 5.91 Å². The van der Waals surface area contributed by atoms with E-state index in [1.54, 1.807) is 32.4 Å². The Labute approximate surface area is 310 Å². The van der Waals surface area contributed by atoms with E-state index in [4.69, 9.17) is 21.1 Å². The van der Waals surface area contributed by atoms with E-state index in [0.29, 0.717) is 55.0 Å². The molecule has 5 atom stereocenters. The van der Waals surface area contributed by atoms with Crippen molar-refractivity contribution in [2.24, 2.45) is 11.8 Å². The summed E-state index contributed by atoms with van der Waals surface area (Å²) in [5.74, 6) is -0.622. The second-order valence-corrected chi connectivity index (χ2v) is 16.8. The fourth-order valence-electron chi connectivity index (χ4n) is 8.37. The maximum atomic E-state index is 14.1. The van der Waals surface area contributed by atoms with Gasteiger partial charge in [0.05, 0.1) is 24.8 Å². The topological polar surface area (TPSA) is 138 Å². The number of sulfonamides is 1. The first kappa shape index (κ1) is 36.4. The van der Waals surface area contributed by atoms with Gasteiger partial charge in [-0.2, -0.15) is 0 Å². The van der Waals surface area contributed by atoms with E-state index < -0.39 is 33.9 Å². The van der Waals surface area contributed by atoms with Gasteiger partial charge in [-0.15, -0.1) is 0 Å². The maximum Gasteiger partial charge on any atom is 0.270 e. The number of hydrogen-bond acceptors (Lipinski definition) is 9. The predicted octanol–water partition coefficient (Wildman–Crippen LogP) is 4.75. The molecule has 3 heterocycles. The van der Waals surface area contributed by atoms with Crippen LogP contribution in [0.5, 0.6) is 5.75 Å². The van der Waals surface area contributed by atoms with Crippen LogP contribution < -0.4 is 14.4 Å². The van der Waals surface area contributed by atoms with Gasteiger partial charge in [-0.05, 0) is 103 Å². The average Bonchev–Trinajstić information content (AvgIpc) is 3.27. The van der Waals surface area contributed by atoms with E-state index in [2.05, 4.69) is 22.0 Å². The van der Waals surface area contributed by atoms with E-state index in [0.717, 1.165) is 38.3 Å². The fraction of sp³-hybridized carbons (Fsp3) is 0.462. The molecule has 2 aromatic carbocycles. The molecule has 13 heteroatoms. The van der Waals surface area contributed by atoms with Crippen LogP contribution in [-0.4, -0.2) is 81.7 Å². The lowest BCUT2D eigenvalue weighted by Crippen LogP contribution is -2.50. The zero-order valence-electron chi connectivity index (χ0n) is 29.5. The Bertz CT molecular complexity index is 1980. The minimum atomic E-state index is -4.44. The Kier molecular flexibility index (Phi) is 10.1. The van der Waals surface area contributed by atoms with Crippen molar-refractivity contribution in [1.29, 1.82) is 0 Å². The monoisotopic (exact) mass is 748 g/mol. The standard InChI is InChI=1S/C39H45ClN4O7S/c1-43-18-4-3-9-34(50-2)31-13-10-27(31)23-44-24-38(16-5-7-26-19-29(40)12-14-32(26)38)25-51-35-15-11-28(20-33(35)44)39(47,21-36(43)45)37(46)42-52(48,49)30-8-6-17-41-22-30/h3,6,8-9,11-12,14-15,17,19-20,22,27,31,34,47H,4-5,7,10,13,16,18,21,23-25H2,1-2H3,(H,42,46)/b9-3-/t27-,31+,34-,38-,39+/m0/s1. The summed E-state index contributed by atoms with van der Waals surface area (Å²) in [6.07, 6.45) is 11.2. The molecule has 52 heavy (non-hydrogen) atoms. The number of aromatic nitrogens is 1. The van der Waals surface area contributed by atoms with Crippen LogP contribution in [-0.2, 0) is 41.8 Å². The number of pyridine rings is 1. The number of fused-ring (bicyclic) bond motifs is 4. The van der Waals surface area contributed by atoms with Crippen molar-refractivity contribution in [2.75, 3.05) is 45.3 Å². The third kappa shape index (κ3) is 6.93. The molecule has 0 radical (unpaired) electrons. The van der Waals surface area contributed by atoms with Crippen LogP contribution in [0, 0.1) is 11.8 Å². The highest BCUT2D eigenvalue weighted by Crippen LogP contribution is 2.48. The SMILES string of the molecule is CO[C@H]1/C=C\CCN(C)C(=O)C[C@](O)(C(=O)NS(=O)(=O)c2cccnc2)c2ccc3c(c2)N(C[C@@H]2CC[C@H]21)C[C@@]1(CCCc2cc(Cl)ccc21)CO3. The van der Waals surface area contributed by atoms with E-state index >= 15 is 0 Å². The first-order valence-corrected chi connectivity index (χ1v) is 19.7. The van der Waals surface area contributed by atoms with Crippen molar-refractivity contribution in [2.45, 2.75) is 67.0 Å². The Morgan fingerprint density at radius 1 is 1.17 bits per heavy atom. The number of hydrogen-bond donors (Lipinski definition) is 2. The number of rotatable bonds is 4. The Morgan fingerprint density at radius 3 is 2.77 bits per heavy atom. The summed E-state index contributed by atoms with van der Waals surface area (Å²) in [6.45, 7) is 2.02. The van der Waals surface area contributed by atoms with Gasteiger partial charge in [-0.25, -0.2) is 13.1 Å². The van der Waals surface area contributed by atoms with Crippen LogP contribution in [0.2, 0.25) is 5.02 Å². The summed E-state index contributed by atoms with van der Waals surface area (Å²) in [5.41, 5.74) is 0.252. The maximum absolute atomic E-state index is 14.1. The Morgan fingerprint density at radius 2 is 2.02 bits per heavy atom. The number of nitrogens with one attached hydrogen (secondary N) is 1. The molecule has 11 nitrogen and oxygen atoms in total. The third-order valence-corrected chi connectivity index (χ3v) is 13.0. The lowest BCUT2D eigenvalue weighted by atomic mass is 9.68. The van der Waals surface area contributed by atoms with Crippen LogP contribution in [0.1, 0.15) is 55.2 Å². The second-order valence-electron chi connectivity index (χ2n) is 14.7. The van der Waals surface area contributed by atoms with E-state index in [1.807, 2.05) is 22.9 Å². The molecule has 2 bridgehead atoms. The van der Waals surface area contributed by atoms with Crippen molar-refractivity contribution in [1.82, 2.24) is 14.6 Å². The summed E-state index contributed by atoms with van der Waals surface area (Å²) in [6, 6.07) is 13.8. The summed E-state index contributed by atoms with van der Waals surface area (Å²) in [4.78, 5) is 35.2. The van der Waals surface area contributed by atoms with Gasteiger partial charge < -0.3 is 24.4 Å². The van der Waals surface area contributed by atoms with Gasteiger partial charge in [-0.1, -0.05) is 35.9 Å². The molecule has 3 aromatic rings. The highest BCUT2D eigenvalue weighted by atomic mass is 35.5. The number of anilines is 1. The number of aliphatic hydroxyl groups is 1. The van der Waals surface area contributed by atoms with Crippen LogP contribution in [0.15, 0.2) is 78.0 Å². The van der Waals surface area contributed by atoms with E-state index in [9.17, 15) is 23.1 Å². The zero-order chi connectivity index (χ0) is 36.7. The zero-order valence-corrected chi connectivity index (χ0v) is 31.0. The first-order valence-electron chi connectivity index (χ1n) is 17.9. The smallest absolute Gasteiger partial charge is 0.270 e. The molecular weight excluding hydrogens is 704 g/mol. The van der Waals surface area contributed by atoms with Crippen molar-refractivity contribution in [3.63, 3.8) is 0 Å². The largest absolute Gasteiger partial charge is 0.490 e. The summed E-state index contributed by atoms with van der Waals surface area (Å²) in [5, 5.41) is 13.1. The minimum Gasteiger partial charge on any atom is -0.490 e. The molecule has 2 N–H and O–H groups in total. The molecule has 276 valence electrons. The summed E-state index contributed by atoms with van der Waals surface area (Å²) >= 11 is 6.46. The molecule has 2 aliphatic heterocycles. The van der Waals surface area contributed by atoms with Gasteiger partial charge in [0.15, 0.2) is 5.60 Å². The Hall–Kier alpha value is -3.97. The van der Waals surface area contributed by atoms with Crippen molar-refractivity contribution in [3.8, 4) is 5.75 Å². The molecule has 1 saturated carbocycles. The number of ether oxygens (including phenoxy) is 2. The third-order valence-electron chi connectivity index (χ3n) is 11.5. The van der Waals surface area contributed by atoms with Crippen molar-refractivity contribution in [3.05, 3.63) is 94.8 Å². The van der Waals surface area contributed by atoms with Crippen LogP contribution >= 0.6 is 11.6 Å². The quantitative estimate of drug-likeness (QED) is 0.362. The number of carbonyl (C=O) groups excluding carboxylic acids is 2. The van der Waals surface area contributed by atoms with Gasteiger partial charge in [0.25, 0.3) is 15.9 Å².